The first kappa shape index (κ1) is 13.8. The number of likely N-dealkylation sites (tertiary alicyclic amines) is 1. The highest BCUT2D eigenvalue weighted by Crippen LogP contribution is 2.23. The minimum absolute atomic E-state index is 0.236. The topological polar surface area (TPSA) is 23.5 Å². The van der Waals surface area contributed by atoms with E-state index in [2.05, 4.69) is 4.90 Å². The Morgan fingerprint density at radius 1 is 1.44 bits per heavy atom. The van der Waals surface area contributed by atoms with Gasteiger partial charge in [-0.15, -0.1) is 0 Å². The Morgan fingerprint density at radius 3 is 2.67 bits per heavy atom. The second-order valence-corrected chi connectivity index (χ2v) is 5.53. The second-order valence-electron chi connectivity index (χ2n) is 5.09. The van der Waals surface area contributed by atoms with Crippen molar-refractivity contribution in [1.29, 1.82) is 0 Å². The number of benzene rings is 1. The number of rotatable bonds is 3. The molecular formula is C14H19ClFNO. The molecule has 1 atom stereocenters. The Labute approximate surface area is 112 Å². The molecule has 2 rings (SSSR count). The van der Waals surface area contributed by atoms with Crippen LogP contribution in [0.25, 0.3) is 0 Å². The summed E-state index contributed by atoms with van der Waals surface area (Å²) in [5.74, 6) is 0.150. The van der Waals surface area contributed by atoms with Gasteiger partial charge in [-0.3, -0.25) is 4.90 Å². The molecule has 100 valence electrons. The van der Waals surface area contributed by atoms with E-state index >= 15 is 0 Å². The fraction of sp³-hybridized carbons (Fsp3) is 0.571. The summed E-state index contributed by atoms with van der Waals surface area (Å²) in [6, 6.07) is 4.83. The van der Waals surface area contributed by atoms with Gasteiger partial charge < -0.3 is 5.11 Å². The van der Waals surface area contributed by atoms with Gasteiger partial charge in [0.1, 0.15) is 5.82 Å². The summed E-state index contributed by atoms with van der Waals surface area (Å²) in [4.78, 5) is 2.23. The quantitative estimate of drug-likeness (QED) is 0.913. The molecule has 1 aromatic carbocycles. The van der Waals surface area contributed by atoms with Crippen molar-refractivity contribution < 1.29 is 9.50 Å². The number of halogens is 2. The third-order valence-corrected chi connectivity index (χ3v) is 3.96. The molecular weight excluding hydrogens is 253 g/mol. The highest BCUT2D eigenvalue weighted by molar-refractivity contribution is 6.30. The average Bonchev–Trinajstić information content (AvgIpc) is 2.33. The highest BCUT2D eigenvalue weighted by Gasteiger charge is 2.22. The number of nitrogens with zero attached hydrogens (tertiary/aromatic N) is 1. The fourth-order valence-corrected chi connectivity index (χ4v) is 2.64. The van der Waals surface area contributed by atoms with Gasteiger partial charge in [-0.05, 0) is 50.9 Å². The van der Waals surface area contributed by atoms with E-state index in [0.29, 0.717) is 23.0 Å². The Balaban J connectivity index is 1.91. The highest BCUT2D eigenvalue weighted by atomic mass is 35.5. The number of aliphatic hydroxyl groups is 1. The van der Waals surface area contributed by atoms with Crippen LogP contribution in [-0.4, -0.2) is 29.2 Å². The van der Waals surface area contributed by atoms with E-state index in [-0.39, 0.29) is 11.9 Å². The van der Waals surface area contributed by atoms with Gasteiger partial charge in [0.2, 0.25) is 0 Å². The van der Waals surface area contributed by atoms with Crippen LogP contribution in [0.2, 0.25) is 5.02 Å². The Morgan fingerprint density at radius 2 is 2.11 bits per heavy atom. The molecule has 0 bridgehead atoms. The Bertz CT molecular complexity index is 403. The van der Waals surface area contributed by atoms with Gasteiger partial charge in [0, 0.05) is 17.1 Å². The zero-order valence-corrected chi connectivity index (χ0v) is 11.3. The van der Waals surface area contributed by atoms with E-state index in [1.54, 1.807) is 12.1 Å². The van der Waals surface area contributed by atoms with Crippen LogP contribution in [-0.2, 0) is 6.54 Å². The molecule has 0 amide bonds. The van der Waals surface area contributed by atoms with Crippen molar-refractivity contribution in [3.63, 3.8) is 0 Å². The van der Waals surface area contributed by atoms with Crippen molar-refractivity contribution in [3.05, 3.63) is 34.6 Å². The minimum Gasteiger partial charge on any atom is -0.393 e. The van der Waals surface area contributed by atoms with Crippen LogP contribution in [0.1, 0.15) is 25.3 Å². The van der Waals surface area contributed by atoms with Crippen LogP contribution in [0.4, 0.5) is 4.39 Å². The molecule has 0 aliphatic carbocycles. The van der Waals surface area contributed by atoms with Gasteiger partial charge in [-0.25, -0.2) is 4.39 Å². The van der Waals surface area contributed by atoms with E-state index in [9.17, 15) is 9.50 Å². The first-order valence-corrected chi connectivity index (χ1v) is 6.78. The zero-order valence-electron chi connectivity index (χ0n) is 10.6. The van der Waals surface area contributed by atoms with Crippen LogP contribution in [0.3, 0.4) is 0 Å². The molecule has 0 saturated carbocycles. The van der Waals surface area contributed by atoms with Gasteiger partial charge in [0.15, 0.2) is 0 Å². The molecule has 2 nitrogen and oxygen atoms in total. The maximum absolute atomic E-state index is 13.7. The van der Waals surface area contributed by atoms with Gasteiger partial charge in [0.25, 0.3) is 0 Å². The predicted molar refractivity (Wildman–Crippen MR) is 71.1 cm³/mol. The molecule has 4 heteroatoms. The molecule has 18 heavy (non-hydrogen) atoms. The van der Waals surface area contributed by atoms with Crippen LogP contribution in [0.15, 0.2) is 18.2 Å². The fourth-order valence-electron chi connectivity index (χ4n) is 2.48. The van der Waals surface area contributed by atoms with Crippen molar-refractivity contribution in [3.8, 4) is 0 Å². The summed E-state index contributed by atoms with van der Waals surface area (Å²) in [7, 11) is 0. The molecule has 0 radical (unpaired) electrons. The van der Waals surface area contributed by atoms with Crippen LogP contribution < -0.4 is 0 Å². The van der Waals surface area contributed by atoms with Gasteiger partial charge in [-0.2, -0.15) is 0 Å². The van der Waals surface area contributed by atoms with Crippen molar-refractivity contribution in [2.24, 2.45) is 5.92 Å². The lowest BCUT2D eigenvalue weighted by atomic mass is 9.92. The SMILES string of the molecule is CC(O)C1CCN(Cc2ccc(Cl)cc2F)CC1. The molecule has 1 aliphatic heterocycles. The van der Waals surface area contributed by atoms with E-state index in [1.807, 2.05) is 6.92 Å². The molecule has 1 N–H and O–H groups in total. The Hall–Kier alpha value is -0.640. The number of piperidine rings is 1. The van der Waals surface area contributed by atoms with E-state index in [0.717, 1.165) is 25.9 Å². The average molecular weight is 272 g/mol. The third-order valence-electron chi connectivity index (χ3n) is 3.72. The lowest BCUT2D eigenvalue weighted by Gasteiger charge is -2.33. The molecule has 1 unspecified atom stereocenters. The molecule has 0 aromatic heterocycles. The first-order chi connectivity index (χ1) is 8.56. The first-order valence-electron chi connectivity index (χ1n) is 6.40. The Kier molecular flexibility index (Phi) is 4.60. The van der Waals surface area contributed by atoms with Gasteiger partial charge in [0.05, 0.1) is 6.10 Å². The summed E-state index contributed by atoms with van der Waals surface area (Å²) in [6.07, 6.45) is 1.72. The van der Waals surface area contributed by atoms with Crippen LogP contribution in [0.5, 0.6) is 0 Å². The monoisotopic (exact) mass is 271 g/mol. The summed E-state index contributed by atoms with van der Waals surface area (Å²) in [6.45, 7) is 4.30. The lowest BCUT2D eigenvalue weighted by molar-refractivity contribution is 0.0692. The van der Waals surface area contributed by atoms with Crippen molar-refractivity contribution in [2.45, 2.75) is 32.4 Å². The molecule has 1 heterocycles. The molecule has 1 aromatic rings. The summed E-state index contributed by atoms with van der Waals surface area (Å²) >= 11 is 5.73. The maximum Gasteiger partial charge on any atom is 0.129 e. The summed E-state index contributed by atoms with van der Waals surface area (Å²) in [5.41, 5.74) is 0.690. The lowest BCUT2D eigenvalue weighted by Crippen LogP contribution is -2.36. The third kappa shape index (κ3) is 3.44. The van der Waals surface area contributed by atoms with Gasteiger partial charge in [-0.1, -0.05) is 17.7 Å². The van der Waals surface area contributed by atoms with E-state index in [1.165, 1.54) is 6.07 Å². The summed E-state index contributed by atoms with van der Waals surface area (Å²) in [5, 5.41) is 9.97. The minimum atomic E-state index is -0.237. The number of hydrogen-bond donors (Lipinski definition) is 1. The van der Waals surface area contributed by atoms with Crippen LogP contribution in [0, 0.1) is 11.7 Å². The van der Waals surface area contributed by atoms with E-state index < -0.39 is 0 Å². The zero-order chi connectivity index (χ0) is 13.1. The largest absolute Gasteiger partial charge is 0.393 e. The normalized spacial score (nSPS) is 20.0. The van der Waals surface area contributed by atoms with Crippen LogP contribution >= 0.6 is 11.6 Å². The smallest absolute Gasteiger partial charge is 0.129 e. The molecule has 0 spiro atoms. The van der Waals surface area contributed by atoms with Crippen molar-refractivity contribution in [1.82, 2.24) is 4.90 Å². The van der Waals surface area contributed by atoms with Crippen molar-refractivity contribution >= 4 is 11.6 Å². The summed E-state index contributed by atoms with van der Waals surface area (Å²) < 4.78 is 13.7. The van der Waals surface area contributed by atoms with E-state index in [4.69, 9.17) is 11.6 Å². The maximum atomic E-state index is 13.7. The second kappa shape index (κ2) is 6.00. The molecule has 1 aliphatic rings. The molecule has 1 fully saturated rings. The molecule has 1 saturated heterocycles. The predicted octanol–water partition coefficient (Wildman–Crippen LogP) is 3.07. The number of hydrogen-bond acceptors (Lipinski definition) is 2. The van der Waals surface area contributed by atoms with Gasteiger partial charge >= 0.3 is 0 Å². The number of aliphatic hydroxyl groups excluding tert-OH is 1. The standard InChI is InChI=1S/C14H19ClFNO/c1-10(18)11-4-6-17(7-5-11)9-12-2-3-13(15)8-14(12)16/h2-3,8,10-11,18H,4-7,9H2,1H3. The van der Waals surface area contributed by atoms with Crippen molar-refractivity contribution in [2.75, 3.05) is 13.1 Å².